The van der Waals surface area contributed by atoms with Crippen LogP contribution in [0.25, 0.3) is 38.4 Å². The normalized spacial score (nSPS) is 10.1. The van der Waals surface area contributed by atoms with Gasteiger partial charge in [-0.05, 0) is 68.8 Å². The van der Waals surface area contributed by atoms with Crippen molar-refractivity contribution in [2.24, 2.45) is 0 Å². The maximum Gasteiger partial charge on any atom is 0.205 e. The van der Waals surface area contributed by atoms with Gasteiger partial charge in [0, 0.05) is 99.8 Å². The molecular weight excluding hydrogens is 1130 g/mol. The Bertz CT molecular complexity index is 2880. The van der Waals surface area contributed by atoms with Crippen LogP contribution in [0.2, 0.25) is 0 Å². The standard InChI is InChI=1S/C11H13N3S.C10H15N5S.C9H13N5S.C7H8.C6H10N2S.C5H9N3S.C2H3N.CH4O2S.2CH4/c1-15-6-5-14-8-11(13-9-14)10-3-2-4-12-7-10;1-14(2)9-8-10(12-6-11-9)15(7-13-8)4-5-16-3;1-15-4-2-3-14-6-13-7-8(10)11-5-12-9(7)14;1-7-5-3-2-4-6-7;1-9-5-4-8-3-2-7-6-8;1-9-3-2-8-5-6-4-7-8;1-3-2;1-4(2)3;;/h2-4,7-9H,5-6H2,1H3;6-7H,4-5H2,1-3H3;5-6H,2-4H2,1H3,(H2,10,11,12);2-6H,1H3;2-3,6H,4-5H2,1H3;4-5H,2-3H2,1H3;1H3;1H3,(H,2,3);2*1H4/p-1. The van der Waals surface area contributed by atoms with Crippen molar-refractivity contribution >= 4 is 104 Å². The van der Waals surface area contributed by atoms with Gasteiger partial charge in [0.05, 0.1) is 37.5 Å². The van der Waals surface area contributed by atoms with Crippen LogP contribution in [0.3, 0.4) is 0 Å². The van der Waals surface area contributed by atoms with E-state index in [0.717, 1.165) is 108 Å². The highest BCUT2D eigenvalue weighted by Crippen LogP contribution is 2.20. The van der Waals surface area contributed by atoms with Crippen molar-refractivity contribution in [3.05, 3.63) is 141 Å². The average Bonchev–Trinajstić information content (AvgIpc) is 4.33. The minimum atomic E-state index is -1.86. The number of rotatable bonds is 18. The Morgan fingerprint density at radius 3 is 1.76 bits per heavy atom. The predicted octanol–water partition coefficient (Wildman–Crippen LogP) is 9.91. The fourth-order valence-corrected chi connectivity index (χ4v) is 7.97. The second-order valence-electron chi connectivity index (χ2n) is 15.9. The number of aryl methyl sites for hydroxylation is 6. The molecule has 9 aromatic rings. The van der Waals surface area contributed by atoms with E-state index in [2.05, 4.69) is 130 Å². The Morgan fingerprint density at radius 2 is 1.23 bits per heavy atom. The first kappa shape index (κ1) is 74.0. The van der Waals surface area contributed by atoms with Crippen LogP contribution in [0.4, 0.5) is 11.6 Å². The Labute approximate surface area is 498 Å². The van der Waals surface area contributed by atoms with Crippen LogP contribution in [0.1, 0.15) is 26.8 Å². The molecule has 0 spiro atoms. The van der Waals surface area contributed by atoms with Crippen molar-refractivity contribution in [3.63, 3.8) is 0 Å². The minimum absolute atomic E-state index is 0. The van der Waals surface area contributed by atoms with E-state index < -0.39 is 11.1 Å². The van der Waals surface area contributed by atoms with Gasteiger partial charge >= 0.3 is 0 Å². The molecule has 0 saturated carbocycles. The lowest BCUT2D eigenvalue weighted by Gasteiger charge is -2.10. The summed E-state index contributed by atoms with van der Waals surface area (Å²) in [5.41, 5.74) is 12.4. The number of aromatic nitrogens is 16. The van der Waals surface area contributed by atoms with Crippen LogP contribution in [0.5, 0.6) is 0 Å². The second kappa shape index (κ2) is 46.7. The van der Waals surface area contributed by atoms with E-state index in [-0.39, 0.29) is 14.9 Å². The van der Waals surface area contributed by atoms with E-state index in [1.807, 2.05) is 149 Å². The first-order valence-electron chi connectivity index (χ1n) is 24.0. The molecule has 0 bridgehead atoms. The molecule has 0 aliphatic rings. The molecule has 27 heteroatoms. The number of benzene rings is 1. The molecule has 21 nitrogen and oxygen atoms in total. The third-order valence-corrected chi connectivity index (χ3v) is 12.8. The largest absolute Gasteiger partial charge is 0.773 e. The van der Waals surface area contributed by atoms with E-state index in [4.69, 9.17) is 21.1 Å². The van der Waals surface area contributed by atoms with Gasteiger partial charge in [0.2, 0.25) is 7.05 Å². The van der Waals surface area contributed by atoms with Gasteiger partial charge in [-0.1, -0.05) is 61.8 Å². The van der Waals surface area contributed by atoms with Gasteiger partial charge < -0.3 is 38.3 Å². The van der Waals surface area contributed by atoms with Gasteiger partial charge in [-0.3, -0.25) is 13.9 Å². The van der Waals surface area contributed by atoms with Crippen molar-refractivity contribution < 1.29 is 8.76 Å². The molecule has 80 heavy (non-hydrogen) atoms. The molecular formula is C53H82N19O2S6-. The molecule has 0 radical (unpaired) electrons. The van der Waals surface area contributed by atoms with Crippen molar-refractivity contribution in [2.45, 2.75) is 60.9 Å². The topological polar surface area (TPSA) is 240 Å². The first-order chi connectivity index (χ1) is 37.9. The number of anilines is 2. The van der Waals surface area contributed by atoms with Crippen molar-refractivity contribution in [1.29, 1.82) is 0 Å². The number of nitrogens with zero attached hydrogens (tertiary/aromatic N) is 18. The van der Waals surface area contributed by atoms with E-state index >= 15 is 0 Å². The molecule has 0 aliphatic heterocycles. The predicted molar refractivity (Wildman–Crippen MR) is 346 cm³/mol. The second-order valence-corrected chi connectivity index (χ2v) is 21.6. The molecule has 1 atom stereocenters. The summed E-state index contributed by atoms with van der Waals surface area (Å²) in [6.07, 6.45) is 35.8. The van der Waals surface area contributed by atoms with Crippen LogP contribution in [-0.2, 0) is 43.8 Å². The average molecular weight is 1210 g/mol. The number of pyridine rings is 1. The maximum absolute atomic E-state index is 9.00. The summed E-state index contributed by atoms with van der Waals surface area (Å²) in [5, 5.41) is 3.95. The van der Waals surface area contributed by atoms with Gasteiger partial charge in [-0.15, -0.1) is 0 Å². The minimum Gasteiger partial charge on any atom is -0.773 e. The number of fused-ring (bicyclic) bond motifs is 2. The Balaban J connectivity index is 0.000000927. The van der Waals surface area contributed by atoms with Crippen LogP contribution in [0, 0.1) is 13.5 Å². The zero-order valence-corrected chi connectivity index (χ0v) is 51.1. The smallest absolute Gasteiger partial charge is 0.205 e. The van der Waals surface area contributed by atoms with E-state index in [0.29, 0.717) is 11.3 Å². The van der Waals surface area contributed by atoms with Crippen molar-refractivity contribution in [3.8, 4) is 11.3 Å². The van der Waals surface area contributed by atoms with Gasteiger partial charge in [-0.2, -0.15) is 63.9 Å². The summed E-state index contributed by atoms with van der Waals surface area (Å²) in [4.78, 5) is 46.1. The zero-order chi connectivity index (χ0) is 57.2. The van der Waals surface area contributed by atoms with E-state index in [1.165, 1.54) is 18.9 Å². The summed E-state index contributed by atoms with van der Waals surface area (Å²) in [6, 6.07) is 14.2. The molecule has 0 amide bonds. The monoisotopic (exact) mass is 1210 g/mol. The number of nitrogens with two attached hydrogens (primary N) is 1. The van der Waals surface area contributed by atoms with Crippen LogP contribution in [-0.4, -0.2) is 174 Å². The summed E-state index contributed by atoms with van der Waals surface area (Å²) < 4.78 is 28.1. The highest BCUT2D eigenvalue weighted by atomic mass is 32.2. The summed E-state index contributed by atoms with van der Waals surface area (Å²) in [5.74, 6) is 6.90. The summed E-state index contributed by atoms with van der Waals surface area (Å²) in [7, 11) is 5.34. The Kier molecular flexibility index (Phi) is 43.2. The molecule has 2 N–H and O–H groups in total. The molecule has 438 valence electrons. The summed E-state index contributed by atoms with van der Waals surface area (Å²) in [6.45, 7) is 12.8. The maximum atomic E-state index is 9.00. The molecule has 0 saturated heterocycles. The lowest BCUT2D eigenvalue weighted by molar-refractivity contribution is 0.543. The fourth-order valence-electron chi connectivity index (χ4n) is 6.02. The lowest BCUT2D eigenvalue weighted by atomic mass is 10.2. The van der Waals surface area contributed by atoms with Crippen LogP contribution in [0.15, 0.2) is 124 Å². The zero-order valence-electron chi connectivity index (χ0n) is 46.2. The van der Waals surface area contributed by atoms with Crippen LogP contribution >= 0.6 is 58.8 Å². The summed E-state index contributed by atoms with van der Waals surface area (Å²) >= 11 is 7.30. The lowest BCUT2D eigenvalue weighted by Crippen LogP contribution is -2.11. The molecule has 0 fully saturated rings. The fraction of sp³-hybridized carbons (Fsp3) is 0.434. The third kappa shape index (κ3) is 31.1. The van der Waals surface area contributed by atoms with E-state index in [9.17, 15) is 0 Å². The van der Waals surface area contributed by atoms with Gasteiger partial charge in [0.25, 0.3) is 0 Å². The number of thioether (sulfide) groups is 5. The van der Waals surface area contributed by atoms with Gasteiger partial charge in [-0.25, -0.2) is 51.4 Å². The number of hydrogen-bond acceptors (Lipinski definition) is 20. The molecule has 9 rings (SSSR count). The molecule has 8 aromatic heterocycles. The highest BCUT2D eigenvalue weighted by molar-refractivity contribution is 7.99. The van der Waals surface area contributed by atoms with Crippen molar-refractivity contribution in [2.75, 3.05) is 98.1 Å². The Hall–Kier alpha value is -6.02. The van der Waals surface area contributed by atoms with Gasteiger partial charge in [0.1, 0.15) is 30.8 Å². The van der Waals surface area contributed by atoms with Crippen molar-refractivity contribution in [1.82, 2.24) is 77.9 Å². The first-order valence-corrected chi connectivity index (χ1v) is 32.5. The SMILES string of the molecule is C.C.CS(=O)[O-].CSCCCn1cnc2c(N)ncnc21.CSCCn1ccnc1.CSCCn1cnc(-c2cccnc2)c1.CSCCn1cnc2c(N(C)C)ncnc21.CSCCn1cncn1.Cc1ccccc1.[C-]#[N+]C. The molecule has 1 aromatic carbocycles. The number of nitrogen functional groups attached to an aromatic ring is 1. The molecule has 0 aliphatic carbocycles. The quantitative estimate of drug-likeness (QED) is 0.0477. The number of hydrogen-bond donors (Lipinski definition) is 1. The van der Waals surface area contributed by atoms with Gasteiger partial charge in [0.15, 0.2) is 28.4 Å². The van der Waals surface area contributed by atoms with Crippen LogP contribution < -0.4 is 10.6 Å². The highest BCUT2D eigenvalue weighted by Gasteiger charge is 2.11. The molecule has 1 unspecified atom stereocenters. The van der Waals surface area contributed by atoms with E-state index in [1.54, 1.807) is 37.7 Å². The third-order valence-electron chi connectivity index (χ3n) is 9.71. The molecule has 8 heterocycles. The number of imidazole rings is 4. The Morgan fingerprint density at radius 1 is 0.650 bits per heavy atom.